The van der Waals surface area contributed by atoms with Crippen LogP contribution >= 0.6 is 0 Å². The Kier molecular flexibility index (Phi) is 2.60. The highest BCUT2D eigenvalue weighted by atomic mass is 16.3. The first-order valence-electron chi connectivity index (χ1n) is 7.01. The van der Waals surface area contributed by atoms with Crippen LogP contribution in [0.5, 0.6) is 0 Å². The van der Waals surface area contributed by atoms with E-state index >= 15 is 0 Å². The number of aryl methyl sites for hydroxylation is 1. The third kappa shape index (κ3) is 1.74. The minimum atomic E-state index is -0.126. The van der Waals surface area contributed by atoms with E-state index in [9.17, 15) is 0 Å². The van der Waals surface area contributed by atoms with E-state index in [4.69, 9.17) is 10.2 Å². The Bertz CT molecular complexity index is 729. The van der Waals surface area contributed by atoms with Crippen molar-refractivity contribution in [1.82, 2.24) is 4.98 Å². The number of fused-ring (bicyclic) bond motifs is 2. The third-order valence-electron chi connectivity index (χ3n) is 4.21. The number of para-hydroxylation sites is 1. The molecule has 0 saturated carbocycles. The maximum Gasteiger partial charge on any atom is 0.134 e. The van der Waals surface area contributed by atoms with Gasteiger partial charge >= 0.3 is 0 Å². The maximum atomic E-state index is 6.45. The molecule has 0 fully saturated rings. The van der Waals surface area contributed by atoms with Gasteiger partial charge in [-0.2, -0.15) is 0 Å². The molecule has 0 amide bonds. The van der Waals surface area contributed by atoms with Crippen molar-refractivity contribution < 1.29 is 4.42 Å². The number of rotatable bonds is 2. The number of benzene rings is 1. The molecule has 0 bridgehead atoms. The van der Waals surface area contributed by atoms with Crippen molar-refractivity contribution >= 4 is 11.0 Å². The Morgan fingerprint density at radius 1 is 1.20 bits per heavy atom. The summed E-state index contributed by atoms with van der Waals surface area (Å²) < 4.78 is 5.90. The molecule has 2 unspecified atom stereocenters. The standard InChI is InChI=1S/C17H16N2O/c18-16(13-8-7-11-5-3-9-19-17(11)13)15-10-12-4-1-2-6-14(12)20-15/h1-6,9-10,13,16H,7-8,18H2. The third-order valence-corrected chi connectivity index (χ3v) is 4.21. The van der Waals surface area contributed by atoms with Gasteiger partial charge in [-0.3, -0.25) is 4.98 Å². The number of pyridine rings is 1. The van der Waals surface area contributed by atoms with Gasteiger partial charge in [0, 0.05) is 23.2 Å². The van der Waals surface area contributed by atoms with Crippen LogP contribution in [0.1, 0.15) is 35.4 Å². The zero-order valence-corrected chi connectivity index (χ0v) is 11.1. The van der Waals surface area contributed by atoms with E-state index in [0.717, 1.165) is 35.3 Å². The molecule has 1 aromatic carbocycles. The van der Waals surface area contributed by atoms with Crippen LogP contribution in [0.4, 0.5) is 0 Å². The molecule has 2 atom stereocenters. The number of hydrogen-bond acceptors (Lipinski definition) is 3. The summed E-state index contributed by atoms with van der Waals surface area (Å²) in [6.07, 6.45) is 3.95. The minimum absolute atomic E-state index is 0.126. The predicted molar refractivity (Wildman–Crippen MR) is 78.4 cm³/mol. The van der Waals surface area contributed by atoms with E-state index < -0.39 is 0 Å². The fraction of sp³-hybridized carbons (Fsp3) is 0.235. The molecule has 1 aliphatic rings. The lowest BCUT2D eigenvalue weighted by molar-refractivity contribution is 0.437. The fourth-order valence-electron chi connectivity index (χ4n) is 3.16. The molecule has 4 rings (SSSR count). The molecule has 0 saturated heterocycles. The van der Waals surface area contributed by atoms with E-state index in [1.165, 1.54) is 5.56 Å². The van der Waals surface area contributed by atoms with Crippen molar-refractivity contribution in [3.63, 3.8) is 0 Å². The van der Waals surface area contributed by atoms with E-state index in [-0.39, 0.29) is 12.0 Å². The normalized spacial score (nSPS) is 19.1. The van der Waals surface area contributed by atoms with E-state index in [2.05, 4.69) is 23.2 Å². The first-order chi connectivity index (χ1) is 9.83. The Labute approximate surface area is 117 Å². The fourth-order valence-corrected chi connectivity index (χ4v) is 3.16. The molecular weight excluding hydrogens is 248 g/mol. The molecule has 0 spiro atoms. The molecule has 1 aliphatic carbocycles. The smallest absolute Gasteiger partial charge is 0.134 e. The second kappa shape index (κ2) is 4.46. The second-order valence-corrected chi connectivity index (χ2v) is 5.41. The highest BCUT2D eigenvalue weighted by molar-refractivity contribution is 5.77. The summed E-state index contributed by atoms with van der Waals surface area (Å²) >= 11 is 0. The highest BCUT2D eigenvalue weighted by Gasteiger charge is 2.31. The number of nitrogens with zero attached hydrogens (tertiary/aromatic N) is 1. The van der Waals surface area contributed by atoms with Crippen LogP contribution in [0, 0.1) is 0 Å². The van der Waals surface area contributed by atoms with E-state index in [1.54, 1.807) is 0 Å². The van der Waals surface area contributed by atoms with Gasteiger partial charge in [0.25, 0.3) is 0 Å². The zero-order chi connectivity index (χ0) is 13.5. The molecule has 2 aromatic heterocycles. The van der Waals surface area contributed by atoms with Crippen molar-refractivity contribution in [2.75, 3.05) is 0 Å². The van der Waals surface area contributed by atoms with Gasteiger partial charge < -0.3 is 10.2 Å². The van der Waals surface area contributed by atoms with Gasteiger partial charge in [0.05, 0.1) is 6.04 Å². The van der Waals surface area contributed by atoms with Crippen LogP contribution in [0.15, 0.2) is 53.1 Å². The number of aromatic nitrogens is 1. The topological polar surface area (TPSA) is 52.0 Å². The zero-order valence-electron chi connectivity index (χ0n) is 11.1. The lowest BCUT2D eigenvalue weighted by Gasteiger charge is -2.17. The van der Waals surface area contributed by atoms with Crippen LogP contribution < -0.4 is 5.73 Å². The minimum Gasteiger partial charge on any atom is -0.459 e. The number of furan rings is 1. The molecule has 0 radical (unpaired) electrons. The molecule has 3 aromatic rings. The SMILES string of the molecule is NC(c1cc2ccccc2o1)C1CCc2cccnc21. The first kappa shape index (κ1) is 11.7. The number of nitrogens with two attached hydrogens (primary N) is 1. The summed E-state index contributed by atoms with van der Waals surface area (Å²) in [4.78, 5) is 4.52. The molecule has 100 valence electrons. The van der Waals surface area contributed by atoms with Crippen LogP contribution in [-0.4, -0.2) is 4.98 Å². The van der Waals surface area contributed by atoms with Gasteiger partial charge in [0.2, 0.25) is 0 Å². The van der Waals surface area contributed by atoms with Gasteiger partial charge in [-0.1, -0.05) is 24.3 Å². The summed E-state index contributed by atoms with van der Waals surface area (Å²) in [5.74, 6) is 1.11. The summed E-state index contributed by atoms with van der Waals surface area (Å²) in [6, 6.07) is 14.1. The molecular formula is C17H16N2O. The van der Waals surface area contributed by atoms with Gasteiger partial charge in [-0.25, -0.2) is 0 Å². The average Bonchev–Trinajstić information content (AvgIpc) is 3.10. The summed E-state index contributed by atoms with van der Waals surface area (Å²) in [6.45, 7) is 0. The van der Waals surface area contributed by atoms with Crippen LogP contribution in [0.25, 0.3) is 11.0 Å². The van der Waals surface area contributed by atoms with Crippen molar-refractivity contribution in [3.05, 3.63) is 65.7 Å². The largest absolute Gasteiger partial charge is 0.459 e. The Balaban J connectivity index is 1.72. The van der Waals surface area contributed by atoms with Crippen molar-refractivity contribution in [2.24, 2.45) is 5.73 Å². The molecule has 3 heteroatoms. The van der Waals surface area contributed by atoms with Crippen LogP contribution in [-0.2, 0) is 6.42 Å². The monoisotopic (exact) mass is 264 g/mol. The maximum absolute atomic E-state index is 6.45. The quantitative estimate of drug-likeness (QED) is 0.770. The molecule has 2 N–H and O–H groups in total. The lowest BCUT2D eigenvalue weighted by atomic mass is 9.95. The van der Waals surface area contributed by atoms with Gasteiger partial charge in [-0.05, 0) is 36.6 Å². The molecule has 20 heavy (non-hydrogen) atoms. The van der Waals surface area contributed by atoms with Crippen LogP contribution in [0.2, 0.25) is 0 Å². The average molecular weight is 264 g/mol. The summed E-state index contributed by atoms with van der Waals surface area (Å²) in [5, 5.41) is 1.11. The first-order valence-corrected chi connectivity index (χ1v) is 7.01. The Morgan fingerprint density at radius 3 is 3.00 bits per heavy atom. The second-order valence-electron chi connectivity index (χ2n) is 5.41. The highest BCUT2D eigenvalue weighted by Crippen LogP contribution is 2.40. The van der Waals surface area contributed by atoms with Crippen molar-refractivity contribution in [1.29, 1.82) is 0 Å². The molecule has 3 nitrogen and oxygen atoms in total. The Morgan fingerprint density at radius 2 is 2.10 bits per heavy atom. The van der Waals surface area contributed by atoms with Gasteiger partial charge in [0.1, 0.15) is 11.3 Å². The summed E-state index contributed by atoms with van der Waals surface area (Å²) in [5.41, 5.74) is 9.81. The number of hydrogen-bond donors (Lipinski definition) is 1. The van der Waals surface area contributed by atoms with E-state index in [1.807, 2.05) is 30.5 Å². The van der Waals surface area contributed by atoms with Crippen molar-refractivity contribution in [3.8, 4) is 0 Å². The molecule has 0 aliphatic heterocycles. The lowest BCUT2D eigenvalue weighted by Crippen LogP contribution is -2.18. The van der Waals surface area contributed by atoms with Crippen LogP contribution in [0.3, 0.4) is 0 Å². The van der Waals surface area contributed by atoms with E-state index in [0.29, 0.717) is 0 Å². The predicted octanol–water partition coefficient (Wildman–Crippen LogP) is 3.56. The van der Waals surface area contributed by atoms with Crippen molar-refractivity contribution in [2.45, 2.75) is 24.8 Å². The molecule has 2 heterocycles. The summed E-state index contributed by atoms with van der Waals surface area (Å²) in [7, 11) is 0. The Hall–Kier alpha value is -2.13. The van der Waals surface area contributed by atoms with Gasteiger partial charge in [-0.15, -0.1) is 0 Å². The van der Waals surface area contributed by atoms with Gasteiger partial charge in [0.15, 0.2) is 0 Å².